The lowest BCUT2D eigenvalue weighted by Crippen LogP contribution is -2.27. The Bertz CT molecular complexity index is 303. The molecule has 0 fully saturated rings. The van der Waals surface area contributed by atoms with Crippen LogP contribution in [0.15, 0.2) is 12.2 Å². The van der Waals surface area contributed by atoms with Gasteiger partial charge in [0.25, 0.3) is 0 Å². The van der Waals surface area contributed by atoms with Gasteiger partial charge in [0.1, 0.15) is 0 Å². The van der Waals surface area contributed by atoms with Crippen LogP contribution in [0.3, 0.4) is 0 Å². The van der Waals surface area contributed by atoms with Gasteiger partial charge < -0.3 is 4.74 Å². The highest BCUT2D eigenvalue weighted by Crippen LogP contribution is 2.35. The molecule has 1 aliphatic rings. The molecule has 0 spiro atoms. The average Bonchev–Trinajstić information content (AvgIpc) is 2.26. The molecule has 1 rings (SSSR count). The standard InChI is InChI=1S/C19H36O/c1-15-8-9-17(13-20-14-19(5,6)7)16(12-15)10-11-18(2,3)4/h8-9,15-17H,10-14H2,1-7H3/t15-,16?,17-/m1/s1. The topological polar surface area (TPSA) is 9.23 Å². The Morgan fingerprint density at radius 1 is 1.00 bits per heavy atom. The molecule has 0 aromatic rings. The SMILES string of the molecule is C[C@@H]1C=C[C@H](COCC(C)(C)C)C(CCC(C)(C)C)C1. The number of hydrogen-bond acceptors (Lipinski definition) is 1. The van der Waals surface area contributed by atoms with Gasteiger partial charge in [-0.25, -0.2) is 0 Å². The highest BCUT2D eigenvalue weighted by atomic mass is 16.5. The van der Waals surface area contributed by atoms with E-state index in [1.165, 1.54) is 19.3 Å². The minimum absolute atomic E-state index is 0.270. The van der Waals surface area contributed by atoms with Crippen LogP contribution >= 0.6 is 0 Å². The zero-order valence-electron chi connectivity index (χ0n) is 14.8. The van der Waals surface area contributed by atoms with E-state index >= 15 is 0 Å². The monoisotopic (exact) mass is 280 g/mol. The van der Waals surface area contributed by atoms with Gasteiger partial charge in [0.2, 0.25) is 0 Å². The molecular formula is C19H36O. The van der Waals surface area contributed by atoms with E-state index < -0.39 is 0 Å². The summed E-state index contributed by atoms with van der Waals surface area (Å²) in [7, 11) is 0. The van der Waals surface area contributed by atoms with Gasteiger partial charge in [0.05, 0.1) is 13.2 Å². The molecule has 3 atom stereocenters. The smallest absolute Gasteiger partial charge is 0.0531 e. The first kappa shape index (κ1) is 17.8. The van der Waals surface area contributed by atoms with Crippen molar-refractivity contribution in [3.63, 3.8) is 0 Å². The molecule has 118 valence electrons. The highest BCUT2D eigenvalue weighted by Gasteiger charge is 2.26. The van der Waals surface area contributed by atoms with Crippen molar-refractivity contribution in [1.82, 2.24) is 0 Å². The minimum Gasteiger partial charge on any atom is -0.380 e. The van der Waals surface area contributed by atoms with Crippen LogP contribution in [0.25, 0.3) is 0 Å². The second-order valence-electron chi connectivity index (χ2n) is 9.20. The van der Waals surface area contributed by atoms with Crippen LogP contribution < -0.4 is 0 Å². The molecule has 0 aliphatic heterocycles. The maximum atomic E-state index is 5.98. The van der Waals surface area contributed by atoms with Gasteiger partial charge in [0.15, 0.2) is 0 Å². The van der Waals surface area contributed by atoms with Crippen LogP contribution in [0.4, 0.5) is 0 Å². The third-order valence-corrected chi connectivity index (χ3v) is 4.08. The second-order valence-corrected chi connectivity index (χ2v) is 9.20. The van der Waals surface area contributed by atoms with E-state index in [1.54, 1.807) is 0 Å². The normalized spacial score (nSPS) is 27.9. The predicted molar refractivity (Wildman–Crippen MR) is 88.9 cm³/mol. The van der Waals surface area contributed by atoms with Crippen LogP contribution in [-0.2, 0) is 4.74 Å². The first-order chi connectivity index (χ1) is 9.07. The molecule has 1 nitrogen and oxygen atoms in total. The Hall–Kier alpha value is -0.300. The summed E-state index contributed by atoms with van der Waals surface area (Å²) in [4.78, 5) is 0. The van der Waals surface area contributed by atoms with E-state index in [0.29, 0.717) is 11.3 Å². The summed E-state index contributed by atoms with van der Waals surface area (Å²) in [5, 5.41) is 0. The molecule has 0 radical (unpaired) electrons. The Balaban J connectivity index is 2.49. The zero-order valence-corrected chi connectivity index (χ0v) is 14.8. The van der Waals surface area contributed by atoms with Crippen molar-refractivity contribution in [2.75, 3.05) is 13.2 Å². The third-order valence-electron chi connectivity index (χ3n) is 4.08. The van der Waals surface area contributed by atoms with Crippen molar-refractivity contribution in [1.29, 1.82) is 0 Å². The zero-order chi connectivity index (χ0) is 15.4. The molecule has 0 aromatic heterocycles. The van der Waals surface area contributed by atoms with Gasteiger partial charge in [-0.3, -0.25) is 0 Å². The van der Waals surface area contributed by atoms with Gasteiger partial charge in [-0.15, -0.1) is 0 Å². The Labute approximate surface area is 127 Å². The largest absolute Gasteiger partial charge is 0.380 e. The number of allylic oxidation sites excluding steroid dienone is 1. The molecule has 0 aromatic carbocycles. The predicted octanol–water partition coefficient (Wildman–Crippen LogP) is 5.70. The first-order valence-corrected chi connectivity index (χ1v) is 8.33. The lowest BCUT2D eigenvalue weighted by Gasteiger charge is -2.33. The number of rotatable bonds is 5. The van der Waals surface area contributed by atoms with E-state index in [0.717, 1.165) is 25.0 Å². The van der Waals surface area contributed by atoms with Crippen molar-refractivity contribution < 1.29 is 4.74 Å². The highest BCUT2D eigenvalue weighted by molar-refractivity contribution is 5.00. The van der Waals surface area contributed by atoms with Crippen LogP contribution in [0.1, 0.15) is 67.7 Å². The van der Waals surface area contributed by atoms with Crippen molar-refractivity contribution in [2.24, 2.45) is 28.6 Å². The van der Waals surface area contributed by atoms with Gasteiger partial charge in [0, 0.05) is 5.92 Å². The van der Waals surface area contributed by atoms with Gasteiger partial charge in [-0.2, -0.15) is 0 Å². The van der Waals surface area contributed by atoms with E-state index in [9.17, 15) is 0 Å². The minimum atomic E-state index is 0.270. The molecule has 0 saturated heterocycles. The molecule has 0 saturated carbocycles. The summed E-state index contributed by atoms with van der Waals surface area (Å²) in [6, 6.07) is 0. The maximum Gasteiger partial charge on any atom is 0.0531 e. The van der Waals surface area contributed by atoms with Crippen LogP contribution in [0.2, 0.25) is 0 Å². The fraction of sp³-hybridized carbons (Fsp3) is 0.895. The summed E-state index contributed by atoms with van der Waals surface area (Å²) in [5.74, 6) is 2.16. The van der Waals surface area contributed by atoms with E-state index in [1.807, 2.05) is 0 Å². The fourth-order valence-electron chi connectivity index (χ4n) is 2.86. The summed E-state index contributed by atoms with van der Waals surface area (Å²) in [5.41, 5.74) is 0.716. The summed E-state index contributed by atoms with van der Waals surface area (Å²) < 4.78 is 5.98. The molecule has 0 bridgehead atoms. The Morgan fingerprint density at radius 2 is 1.65 bits per heavy atom. The second kappa shape index (κ2) is 7.11. The van der Waals surface area contributed by atoms with Gasteiger partial charge >= 0.3 is 0 Å². The van der Waals surface area contributed by atoms with E-state index in [-0.39, 0.29) is 5.41 Å². The molecule has 0 heterocycles. The first-order valence-electron chi connectivity index (χ1n) is 8.33. The van der Waals surface area contributed by atoms with Crippen molar-refractivity contribution in [3.05, 3.63) is 12.2 Å². The molecule has 20 heavy (non-hydrogen) atoms. The number of ether oxygens (including phenoxy) is 1. The lowest BCUT2D eigenvalue weighted by atomic mass is 9.75. The van der Waals surface area contributed by atoms with Crippen molar-refractivity contribution in [2.45, 2.75) is 67.7 Å². The molecule has 1 heteroatoms. The Morgan fingerprint density at radius 3 is 2.20 bits per heavy atom. The van der Waals surface area contributed by atoms with Crippen LogP contribution in [0, 0.1) is 28.6 Å². The fourth-order valence-corrected chi connectivity index (χ4v) is 2.86. The van der Waals surface area contributed by atoms with Gasteiger partial charge in [-0.1, -0.05) is 60.6 Å². The van der Waals surface area contributed by atoms with Crippen molar-refractivity contribution in [3.8, 4) is 0 Å². The molecular weight excluding hydrogens is 244 g/mol. The summed E-state index contributed by atoms with van der Waals surface area (Å²) in [6.07, 6.45) is 8.79. The molecule has 1 aliphatic carbocycles. The van der Waals surface area contributed by atoms with Crippen LogP contribution in [0.5, 0.6) is 0 Å². The summed E-state index contributed by atoms with van der Waals surface area (Å²) in [6.45, 7) is 17.9. The van der Waals surface area contributed by atoms with Crippen molar-refractivity contribution >= 4 is 0 Å². The quantitative estimate of drug-likeness (QED) is 0.587. The van der Waals surface area contributed by atoms with Crippen LogP contribution in [-0.4, -0.2) is 13.2 Å². The average molecular weight is 280 g/mol. The van der Waals surface area contributed by atoms with Gasteiger partial charge in [-0.05, 0) is 41.9 Å². The molecule has 0 N–H and O–H groups in total. The van der Waals surface area contributed by atoms with E-state index in [2.05, 4.69) is 60.6 Å². The maximum absolute atomic E-state index is 5.98. The Kier molecular flexibility index (Phi) is 6.31. The molecule has 0 amide bonds. The summed E-state index contributed by atoms with van der Waals surface area (Å²) >= 11 is 0. The lowest BCUT2D eigenvalue weighted by molar-refractivity contribution is 0.0379. The molecule has 1 unspecified atom stereocenters. The number of hydrogen-bond donors (Lipinski definition) is 0. The van der Waals surface area contributed by atoms with E-state index in [4.69, 9.17) is 4.74 Å². The third kappa shape index (κ3) is 7.47.